The van der Waals surface area contributed by atoms with Crippen molar-refractivity contribution in [2.75, 3.05) is 0 Å². The summed E-state index contributed by atoms with van der Waals surface area (Å²) < 4.78 is 11.2. The summed E-state index contributed by atoms with van der Waals surface area (Å²) in [6, 6.07) is 18.6. The molecule has 2 aliphatic rings. The molecular weight excluding hydrogens is 380 g/mol. The molecule has 5 nitrogen and oxygen atoms in total. The number of esters is 2. The van der Waals surface area contributed by atoms with Gasteiger partial charge in [-0.05, 0) is 24.6 Å². The lowest BCUT2D eigenvalue weighted by atomic mass is 9.88. The second-order valence-corrected chi connectivity index (χ2v) is 8.40. The summed E-state index contributed by atoms with van der Waals surface area (Å²) in [6.45, 7) is 1.75. The van der Waals surface area contributed by atoms with Crippen LogP contribution in [0.1, 0.15) is 35.7 Å². The lowest BCUT2D eigenvalue weighted by Crippen LogP contribution is -2.28. The van der Waals surface area contributed by atoms with Crippen LogP contribution in [0.4, 0.5) is 0 Å². The fourth-order valence-corrected chi connectivity index (χ4v) is 4.46. The zero-order valence-corrected chi connectivity index (χ0v) is 16.9. The average molecular weight is 406 g/mol. The Hall–Kier alpha value is -2.92. The molecular formula is C25H26O5. The highest BCUT2D eigenvalue weighted by molar-refractivity contribution is 5.89. The fourth-order valence-electron chi connectivity index (χ4n) is 4.46. The molecule has 0 amide bonds. The van der Waals surface area contributed by atoms with Gasteiger partial charge in [0.1, 0.15) is 12.2 Å². The van der Waals surface area contributed by atoms with Gasteiger partial charge in [0.2, 0.25) is 0 Å². The summed E-state index contributed by atoms with van der Waals surface area (Å²) in [5.74, 6) is -0.833. The largest absolute Gasteiger partial charge is 0.462 e. The van der Waals surface area contributed by atoms with E-state index in [4.69, 9.17) is 9.47 Å². The molecule has 0 aromatic heterocycles. The van der Waals surface area contributed by atoms with Crippen molar-refractivity contribution in [2.24, 2.45) is 11.8 Å². The number of aliphatic hydroxyl groups is 1. The molecule has 0 bridgehead atoms. The Morgan fingerprint density at radius 3 is 2.53 bits per heavy atom. The van der Waals surface area contributed by atoms with Gasteiger partial charge in [0.05, 0.1) is 17.6 Å². The third kappa shape index (κ3) is 4.62. The number of carbonyl (C=O) groups is 2. The second kappa shape index (κ2) is 8.44. The first-order valence-corrected chi connectivity index (χ1v) is 10.3. The van der Waals surface area contributed by atoms with E-state index in [-0.39, 0.29) is 29.9 Å². The highest BCUT2D eigenvalue weighted by Gasteiger charge is 2.50. The van der Waals surface area contributed by atoms with Crippen molar-refractivity contribution in [2.45, 2.75) is 44.0 Å². The van der Waals surface area contributed by atoms with Crippen molar-refractivity contribution >= 4 is 11.9 Å². The quantitative estimate of drug-likeness (QED) is 0.585. The first-order valence-electron chi connectivity index (χ1n) is 10.3. The summed E-state index contributed by atoms with van der Waals surface area (Å²) in [7, 11) is 0. The van der Waals surface area contributed by atoms with Crippen LogP contribution in [0.15, 0.2) is 72.8 Å². The number of rotatable bonds is 6. The highest BCUT2D eigenvalue weighted by atomic mass is 16.6. The first kappa shape index (κ1) is 20.4. The number of fused-ring (bicyclic) bond motifs is 1. The van der Waals surface area contributed by atoms with Crippen molar-refractivity contribution in [3.05, 3.63) is 83.9 Å². The fraction of sp³-hybridized carbons (Fsp3) is 0.360. The zero-order valence-electron chi connectivity index (χ0n) is 16.9. The smallest absolute Gasteiger partial charge is 0.338 e. The molecule has 0 spiro atoms. The molecule has 156 valence electrons. The highest BCUT2D eigenvalue weighted by Crippen LogP contribution is 2.44. The van der Waals surface area contributed by atoms with Crippen LogP contribution in [0.2, 0.25) is 0 Å². The monoisotopic (exact) mass is 406 g/mol. The Labute approximate surface area is 176 Å². The SMILES string of the molecule is C[C@@](O)(C=C[C@@H]1[C@H]2CC(=O)O[C@H]2C[C@H]1OC(=O)c1ccccc1)Cc1ccccc1. The van der Waals surface area contributed by atoms with E-state index in [1.54, 1.807) is 37.3 Å². The van der Waals surface area contributed by atoms with Gasteiger partial charge in [-0.1, -0.05) is 60.7 Å². The lowest BCUT2D eigenvalue weighted by molar-refractivity contribution is -0.141. The van der Waals surface area contributed by atoms with Crippen LogP contribution in [-0.4, -0.2) is 34.9 Å². The molecule has 1 saturated heterocycles. The minimum atomic E-state index is -1.06. The number of ether oxygens (including phenoxy) is 2. The van der Waals surface area contributed by atoms with Gasteiger partial charge in [0.25, 0.3) is 0 Å². The molecule has 1 N–H and O–H groups in total. The van der Waals surface area contributed by atoms with Gasteiger partial charge < -0.3 is 14.6 Å². The van der Waals surface area contributed by atoms with Crippen molar-refractivity contribution < 1.29 is 24.2 Å². The summed E-state index contributed by atoms with van der Waals surface area (Å²) in [4.78, 5) is 24.4. The van der Waals surface area contributed by atoms with E-state index in [1.165, 1.54) is 0 Å². The van der Waals surface area contributed by atoms with Gasteiger partial charge in [-0.3, -0.25) is 4.79 Å². The molecule has 5 heteroatoms. The third-order valence-electron chi connectivity index (χ3n) is 5.90. The Morgan fingerprint density at radius 1 is 1.17 bits per heavy atom. The van der Waals surface area contributed by atoms with Crippen LogP contribution in [0.3, 0.4) is 0 Å². The number of carbonyl (C=O) groups excluding carboxylic acids is 2. The standard InChI is InChI=1S/C25H26O5/c1-25(28,16-17-8-4-2-5-9-17)13-12-19-20-14-23(26)29-22(20)15-21(19)30-24(27)18-10-6-3-7-11-18/h2-13,19-22,28H,14-16H2,1H3/t19-,20-,21-,22+,25-/m1/s1. The van der Waals surface area contributed by atoms with E-state index in [1.807, 2.05) is 42.5 Å². The maximum atomic E-state index is 12.6. The van der Waals surface area contributed by atoms with Crippen LogP contribution in [0.25, 0.3) is 0 Å². The summed E-state index contributed by atoms with van der Waals surface area (Å²) in [5.41, 5.74) is 0.463. The minimum Gasteiger partial charge on any atom is -0.462 e. The summed E-state index contributed by atoms with van der Waals surface area (Å²) >= 11 is 0. The molecule has 2 fully saturated rings. The van der Waals surface area contributed by atoms with Gasteiger partial charge in [-0.2, -0.15) is 0 Å². The number of hydrogen-bond donors (Lipinski definition) is 1. The molecule has 1 saturated carbocycles. The van der Waals surface area contributed by atoms with Crippen LogP contribution in [0.5, 0.6) is 0 Å². The Morgan fingerprint density at radius 2 is 1.83 bits per heavy atom. The third-order valence-corrected chi connectivity index (χ3v) is 5.90. The van der Waals surface area contributed by atoms with Crippen molar-refractivity contribution in [3.8, 4) is 0 Å². The maximum absolute atomic E-state index is 12.6. The Balaban J connectivity index is 1.50. The molecule has 5 atom stereocenters. The molecule has 1 heterocycles. The van der Waals surface area contributed by atoms with E-state index in [0.29, 0.717) is 24.8 Å². The number of benzene rings is 2. The molecule has 0 unspecified atom stereocenters. The van der Waals surface area contributed by atoms with Gasteiger partial charge in [-0.25, -0.2) is 4.79 Å². The minimum absolute atomic E-state index is 0.0464. The first-order chi connectivity index (χ1) is 14.4. The van der Waals surface area contributed by atoms with Gasteiger partial charge in [0, 0.05) is 24.7 Å². The van der Waals surface area contributed by atoms with Crippen LogP contribution in [0, 0.1) is 11.8 Å². The van der Waals surface area contributed by atoms with E-state index >= 15 is 0 Å². The zero-order chi connectivity index (χ0) is 21.1. The Bertz CT molecular complexity index is 919. The van der Waals surface area contributed by atoms with Crippen LogP contribution < -0.4 is 0 Å². The van der Waals surface area contributed by atoms with Gasteiger partial charge >= 0.3 is 11.9 Å². The predicted octanol–water partition coefficient (Wildman–Crippen LogP) is 3.71. The van der Waals surface area contributed by atoms with Gasteiger partial charge in [0.15, 0.2) is 0 Å². The predicted molar refractivity (Wildman–Crippen MR) is 112 cm³/mol. The Kier molecular flexibility index (Phi) is 5.73. The van der Waals surface area contributed by atoms with Crippen molar-refractivity contribution in [3.63, 3.8) is 0 Å². The van der Waals surface area contributed by atoms with E-state index < -0.39 is 11.7 Å². The lowest BCUT2D eigenvalue weighted by Gasteiger charge is -2.23. The molecule has 1 aliphatic heterocycles. The van der Waals surface area contributed by atoms with Crippen molar-refractivity contribution in [1.82, 2.24) is 0 Å². The second-order valence-electron chi connectivity index (χ2n) is 8.40. The average Bonchev–Trinajstić information content (AvgIpc) is 3.23. The molecule has 2 aromatic carbocycles. The van der Waals surface area contributed by atoms with E-state index in [0.717, 1.165) is 5.56 Å². The van der Waals surface area contributed by atoms with E-state index in [2.05, 4.69) is 0 Å². The van der Waals surface area contributed by atoms with Gasteiger partial charge in [-0.15, -0.1) is 0 Å². The molecule has 2 aromatic rings. The summed E-state index contributed by atoms with van der Waals surface area (Å²) in [6.07, 6.45) is 4.27. The van der Waals surface area contributed by atoms with Crippen LogP contribution in [-0.2, 0) is 20.7 Å². The molecule has 30 heavy (non-hydrogen) atoms. The van der Waals surface area contributed by atoms with Crippen molar-refractivity contribution in [1.29, 1.82) is 0 Å². The molecule has 0 radical (unpaired) electrons. The molecule has 4 rings (SSSR count). The van der Waals surface area contributed by atoms with Crippen LogP contribution >= 0.6 is 0 Å². The maximum Gasteiger partial charge on any atom is 0.338 e. The topological polar surface area (TPSA) is 72.8 Å². The molecule has 1 aliphatic carbocycles. The number of hydrogen-bond acceptors (Lipinski definition) is 5. The van der Waals surface area contributed by atoms with E-state index in [9.17, 15) is 14.7 Å². The summed E-state index contributed by atoms with van der Waals surface area (Å²) in [5, 5.41) is 10.9. The normalized spacial score (nSPS) is 27.5.